The van der Waals surface area contributed by atoms with Gasteiger partial charge in [0.2, 0.25) is 5.91 Å². The second kappa shape index (κ2) is 10.1. The number of benzene rings is 1. The number of rotatable bonds is 8. The number of anilines is 1. The standard InChI is InChI=1S/C16H24N2O4.ClH/c1-5-6-12(16(20)21)17-11(3)15(19)18-13-9-10(2)7-8-14(13)22-4;/h7-9,11-12,17H,5-6H2,1-4H3,(H,18,19)(H,20,21);1H. The molecule has 6 nitrogen and oxygen atoms in total. The van der Waals surface area contributed by atoms with E-state index in [0.717, 1.165) is 12.0 Å². The zero-order chi connectivity index (χ0) is 16.7. The van der Waals surface area contributed by atoms with Crippen molar-refractivity contribution in [2.45, 2.75) is 45.7 Å². The molecule has 3 N–H and O–H groups in total. The fourth-order valence-electron chi connectivity index (χ4n) is 2.10. The molecule has 2 atom stereocenters. The maximum Gasteiger partial charge on any atom is 0.320 e. The van der Waals surface area contributed by atoms with Crippen molar-refractivity contribution >= 4 is 30.0 Å². The van der Waals surface area contributed by atoms with Crippen LogP contribution in [0.4, 0.5) is 5.69 Å². The highest BCUT2D eigenvalue weighted by atomic mass is 35.5. The van der Waals surface area contributed by atoms with Crippen molar-refractivity contribution in [3.63, 3.8) is 0 Å². The molecule has 0 aliphatic rings. The Labute approximate surface area is 143 Å². The number of nitrogens with one attached hydrogen (secondary N) is 2. The summed E-state index contributed by atoms with van der Waals surface area (Å²) in [6, 6.07) is 4.12. The van der Waals surface area contributed by atoms with Gasteiger partial charge in [-0.3, -0.25) is 14.9 Å². The third-order valence-corrected chi connectivity index (χ3v) is 3.33. The number of hydrogen-bond donors (Lipinski definition) is 3. The average molecular weight is 345 g/mol. The Morgan fingerprint density at radius 2 is 2.00 bits per heavy atom. The molecule has 0 bridgehead atoms. The van der Waals surface area contributed by atoms with Crippen molar-refractivity contribution in [3.8, 4) is 5.75 Å². The molecule has 2 unspecified atom stereocenters. The molecular formula is C16H25ClN2O4. The van der Waals surface area contributed by atoms with Gasteiger partial charge in [-0.2, -0.15) is 0 Å². The minimum atomic E-state index is -0.949. The van der Waals surface area contributed by atoms with Crippen LogP contribution in [0.15, 0.2) is 18.2 Å². The van der Waals surface area contributed by atoms with Gasteiger partial charge in [-0.05, 0) is 38.0 Å². The van der Waals surface area contributed by atoms with E-state index >= 15 is 0 Å². The predicted molar refractivity (Wildman–Crippen MR) is 92.5 cm³/mol. The molecule has 0 aliphatic carbocycles. The van der Waals surface area contributed by atoms with Crippen LogP contribution in [0.25, 0.3) is 0 Å². The van der Waals surface area contributed by atoms with Gasteiger partial charge in [-0.25, -0.2) is 0 Å². The number of hydrogen-bond acceptors (Lipinski definition) is 4. The highest BCUT2D eigenvalue weighted by Gasteiger charge is 2.22. The number of aliphatic carboxylic acids is 1. The quantitative estimate of drug-likeness (QED) is 0.674. The molecule has 0 heterocycles. The predicted octanol–water partition coefficient (Wildman–Crippen LogP) is 2.60. The molecule has 1 aromatic carbocycles. The van der Waals surface area contributed by atoms with Gasteiger partial charge in [-0.15, -0.1) is 12.4 Å². The highest BCUT2D eigenvalue weighted by molar-refractivity contribution is 5.96. The first kappa shape index (κ1) is 21.2. The highest BCUT2D eigenvalue weighted by Crippen LogP contribution is 2.25. The topological polar surface area (TPSA) is 87.7 Å². The lowest BCUT2D eigenvalue weighted by atomic mass is 10.1. The number of carboxylic acids is 1. The molecule has 0 fully saturated rings. The van der Waals surface area contributed by atoms with E-state index in [1.165, 1.54) is 7.11 Å². The molecule has 1 rings (SSSR count). The van der Waals surface area contributed by atoms with E-state index in [1.54, 1.807) is 13.0 Å². The third kappa shape index (κ3) is 6.46. The van der Waals surface area contributed by atoms with Crippen LogP contribution in [0.5, 0.6) is 5.75 Å². The number of amides is 1. The van der Waals surface area contributed by atoms with Crippen molar-refractivity contribution in [1.29, 1.82) is 0 Å². The van der Waals surface area contributed by atoms with Crippen LogP contribution in [0.1, 0.15) is 32.3 Å². The molecule has 1 amide bonds. The zero-order valence-corrected chi connectivity index (χ0v) is 14.7. The van der Waals surface area contributed by atoms with Crippen LogP contribution in [0.2, 0.25) is 0 Å². The Balaban J connectivity index is 0.00000484. The molecule has 0 spiro atoms. The monoisotopic (exact) mass is 344 g/mol. The smallest absolute Gasteiger partial charge is 0.320 e. The summed E-state index contributed by atoms with van der Waals surface area (Å²) in [6.07, 6.45) is 1.20. The number of aryl methyl sites for hydroxylation is 1. The molecule has 0 saturated heterocycles. The Hall–Kier alpha value is -1.79. The minimum Gasteiger partial charge on any atom is -0.495 e. The molecule has 7 heteroatoms. The average Bonchev–Trinajstić information content (AvgIpc) is 2.46. The van der Waals surface area contributed by atoms with Crippen LogP contribution in [-0.2, 0) is 9.59 Å². The maximum absolute atomic E-state index is 12.2. The van der Waals surface area contributed by atoms with E-state index in [1.807, 2.05) is 26.0 Å². The molecular weight excluding hydrogens is 320 g/mol. The molecule has 23 heavy (non-hydrogen) atoms. The lowest BCUT2D eigenvalue weighted by Gasteiger charge is -2.20. The summed E-state index contributed by atoms with van der Waals surface area (Å²) in [5, 5.41) is 14.7. The van der Waals surface area contributed by atoms with Gasteiger partial charge in [0, 0.05) is 0 Å². The number of carbonyl (C=O) groups is 2. The second-order valence-corrected chi connectivity index (χ2v) is 5.26. The lowest BCUT2D eigenvalue weighted by Crippen LogP contribution is -2.47. The van der Waals surface area contributed by atoms with E-state index < -0.39 is 18.1 Å². The Kier molecular flexibility index (Phi) is 9.29. The van der Waals surface area contributed by atoms with E-state index in [-0.39, 0.29) is 18.3 Å². The van der Waals surface area contributed by atoms with Crippen LogP contribution < -0.4 is 15.4 Å². The molecule has 0 aromatic heterocycles. The van der Waals surface area contributed by atoms with E-state index in [2.05, 4.69) is 10.6 Å². The third-order valence-electron chi connectivity index (χ3n) is 3.33. The number of carbonyl (C=O) groups excluding carboxylic acids is 1. The van der Waals surface area contributed by atoms with Crippen molar-refractivity contribution < 1.29 is 19.4 Å². The van der Waals surface area contributed by atoms with E-state index in [4.69, 9.17) is 9.84 Å². The van der Waals surface area contributed by atoms with Crippen molar-refractivity contribution in [3.05, 3.63) is 23.8 Å². The zero-order valence-electron chi connectivity index (χ0n) is 13.9. The number of ether oxygens (including phenoxy) is 1. The summed E-state index contributed by atoms with van der Waals surface area (Å²) < 4.78 is 5.21. The summed E-state index contributed by atoms with van der Waals surface area (Å²) in [6.45, 7) is 5.46. The van der Waals surface area contributed by atoms with Crippen molar-refractivity contribution in [1.82, 2.24) is 5.32 Å². The summed E-state index contributed by atoms with van der Waals surface area (Å²) >= 11 is 0. The molecule has 130 valence electrons. The molecule has 1 aromatic rings. The van der Waals surface area contributed by atoms with Crippen LogP contribution in [0.3, 0.4) is 0 Å². The minimum absolute atomic E-state index is 0. The van der Waals surface area contributed by atoms with Gasteiger partial charge in [0.25, 0.3) is 0 Å². The van der Waals surface area contributed by atoms with Gasteiger partial charge in [0.1, 0.15) is 11.8 Å². The van der Waals surface area contributed by atoms with Crippen molar-refractivity contribution in [2.75, 3.05) is 12.4 Å². The maximum atomic E-state index is 12.2. The lowest BCUT2D eigenvalue weighted by molar-refractivity contribution is -0.140. The molecule has 0 radical (unpaired) electrons. The fourth-order valence-corrected chi connectivity index (χ4v) is 2.10. The van der Waals surface area contributed by atoms with Crippen LogP contribution in [-0.4, -0.2) is 36.2 Å². The van der Waals surface area contributed by atoms with Gasteiger partial charge < -0.3 is 15.2 Å². The summed E-state index contributed by atoms with van der Waals surface area (Å²) in [5.74, 6) is -0.685. The molecule has 0 saturated carbocycles. The summed E-state index contributed by atoms with van der Waals surface area (Å²) in [5.41, 5.74) is 1.56. The Morgan fingerprint density at radius 1 is 1.35 bits per heavy atom. The molecule has 0 aliphatic heterocycles. The first-order valence-corrected chi connectivity index (χ1v) is 7.33. The van der Waals surface area contributed by atoms with Crippen LogP contribution >= 0.6 is 12.4 Å². The second-order valence-electron chi connectivity index (χ2n) is 5.26. The van der Waals surface area contributed by atoms with Gasteiger partial charge in [0.15, 0.2) is 0 Å². The Morgan fingerprint density at radius 3 is 2.52 bits per heavy atom. The largest absolute Gasteiger partial charge is 0.495 e. The Bertz CT molecular complexity index is 537. The van der Waals surface area contributed by atoms with Gasteiger partial charge in [-0.1, -0.05) is 19.4 Å². The fraction of sp³-hybridized carbons (Fsp3) is 0.500. The van der Waals surface area contributed by atoms with Gasteiger partial charge in [0.05, 0.1) is 18.8 Å². The number of methoxy groups -OCH3 is 1. The van der Waals surface area contributed by atoms with E-state index in [9.17, 15) is 9.59 Å². The SMILES string of the molecule is CCCC(NC(C)C(=O)Nc1cc(C)ccc1OC)C(=O)O.Cl. The van der Waals surface area contributed by atoms with Crippen LogP contribution in [0, 0.1) is 6.92 Å². The number of halogens is 1. The number of carboxylic acid groups (broad SMARTS) is 1. The summed E-state index contributed by atoms with van der Waals surface area (Å²) in [4.78, 5) is 23.4. The first-order chi connectivity index (χ1) is 10.4. The van der Waals surface area contributed by atoms with E-state index in [0.29, 0.717) is 17.9 Å². The summed E-state index contributed by atoms with van der Waals surface area (Å²) in [7, 11) is 1.53. The first-order valence-electron chi connectivity index (χ1n) is 7.33. The van der Waals surface area contributed by atoms with Gasteiger partial charge >= 0.3 is 5.97 Å². The normalized spacial score (nSPS) is 12.7. The van der Waals surface area contributed by atoms with Crippen molar-refractivity contribution in [2.24, 2.45) is 0 Å².